The van der Waals surface area contributed by atoms with Crippen LogP contribution in [0, 0.1) is 13.8 Å². The van der Waals surface area contributed by atoms with Gasteiger partial charge in [-0.25, -0.2) is 9.78 Å². The predicted octanol–water partition coefficient (Wildman–Crippen LogP) is 4.44. The Morgan fingerprint density at radius 2 is 2.15 bits per heavy atom. The zero-order valence-corrected chi connectivity index (χ0v) is 16.7. The summed E-state index contributed by atoms with van der Waals surface area (Å²) in [6, 6.07) is 6.04. The molecule has 0 aliphatic heterocycles. The van der Waals surface area contributed by atoms with E-state index >= 15 is 0 Å². The van der Waals surface area contributed by atoms with Crippen LogP contribution in [0.1, 0.15) is 35.7 Å². The molecule has 26 heavy (non-hydrogen) atoms. The van der Waals surface area contributed by atoms with E-state index in [9.17, 15) is 4.79 Å². The molecule has 1 N–H and O–H groups in total. The molecular formula is C20H27N3O2S. The fourth-order valence-corrected chi connectivity index (χ4v) is 3.04. The maximum absolute atomic E-state index is 12.2. The number of carbonyl (C=O) groups is 1. The van der Waals surface area contributed by atoms with E-state index in [1.54, 1.807) is 22.3 Å². The lowest BCUT2D eigenvalue weighted by Gasteiger charge is -2.22. The molecule has 2 rings (SSSR count). The number of thiazole rings is 1. The van der Waals surface area contributed by atoms with E-state index in [0.717, 1.165) is 16.5 Å². The Balaban J connectivity index is 1.95. The Morgan fingerprint density at radius 1 is 1.38 bits per heavy atom. The van der Waals surface area contributed by atoms with Gasteiger partial charge in [0.2, 0.25) is 0 Å². The molecule has 6 heteroatoms. The summed E-state index contributed by atoms with van der Waals surface area (Å²) in [5, 5.41) is 5.76. The van der Waals surface area contributed by atoms with Gasteiger partial charge in [-0.2, -0.15) is 0 Å². The number of amides is 2. The first kappa shape index (κ1) is 20.0. The minimum absolute atomic E-state index is 0.0900. The number of aromatic nitrogens is 1. The Hall–Kier alpha value is -2.34. The van der Waals surface area contributed by atoms with E-state index in [1.807, 2.05) is 31.4 Å². The van der Waals surface area contributed by atoms with Gasteiger partial charge < -0.3 is 15.0 Å². The van der Waals surface area contributed by atoms with Crippen LogP contribution in [-0.4, -0.2) is 28.5 Å². The van der Waals surface area contributed by atoms with Crippen LogP contribution < -0.4 is 10.1 Å². The molecule has 0 bridgehead atoms. The second kappa shape index (κ2) is 9.38. The van der Waals surface area contributed by atoms with Gasteiger partial charge in [-0.05, 0) is 51.0 Å². The number of hydrogen-bond donors (Lipinski definition) is 1. The first-order chi connectivity index (χ1) is 12.4. The highest BCUT2D eigenvalue weighted by Gasteiger charge is 2.15. The maximum Gasteiger partial charge on any atom is 0.318 e. The van der Waals surface area contributed by atoms with Crippen LogP contribution in [0.5, 0.6) is 5.75 Å². The van der Waals surface area contributed by atoms with Crippen LogP contribution in [0.2, 0.25) is 0 Å². The third-order valence-electron chi connectivity index (χ3n) is 3.84. The maximum atomic E-state index is 12.2. The van der Waals surface area contributed by atoms with Crippen molar-refractivity contribution in [1.82, 2.24) is 15.2 Å². The van der Waals surface area contributed by atoms with Crippen LogP contribution >= 0.6 is 11.3 Å². The topological polar surface area (TPSA) is 54.5 Å². The first-order valence-electron chi connectivity index (χ1n) is 8.68. The Labute approximate surface area is 159 Å². The van der Waals surface area contributed by atoms with Crippen molar-refractivity contribution in [2.75, 3.05) is 6.54 Å². The molecular weight excluding hydrogens is 346 g/mol. The average Bonchev–Trinajstić information content (AvgIpc) is 3.02. The molecule has 5 nitrogen and oxygen atoms in total. The quantitative estimate of drug-likeness (QED) is 0.696. The highest BCUT2D eigenvalue weighted by atomic mass is 32.1. The molecule has 0 fully saturated rings. The minimum atomic E-state index is -0.110. The van der Waals surface area contributed by atoms with Crippen molar-refractivity contribution in [2.24, 2.45) is 0 Å². The zero-order valence-electron chi connectivity index (χ0n) is 15.9. The number of nitrogens with one attached hydrogen (secondary N) is 1. The molecule has 0 aliphatic rings. The lowest BCUT2D eigenvalue weighted by Crippen LogP contribution is -2.42. The Morgan fingerprint density at radius 3 is 2.81 bits per heavy atom. The van der Waals surface area contributed by atoms with E-state index in [4.69, 9.17) is 4.74 Å². The van der Waals surface area contributed by atoms with E-state index < -0.39 is 0 Å². The highest BCUT2D eigenvalue weighted by molar-refractivity contribution is 7.09. The average molecular weight is 374 g/mol. The van der Waals surface area contributed by atoms with Gasteiger partial charge in [-0.1, -0.05) is 12.1 Å². The summed E-state index contributed by atoms with van der Waals surface area (Å²) in [4.78, 5) is 18.5. The molecule has 0 unspecified atom stereocenters. The van der Waals surface area contributed by atoms with Gasteiger partial charge in [0.25, 0.3) is 0 Å². The molecule has 140 valence electrons. The number of hydrogen-bond acceptors (Lipinski definition) is 4. The van der Waals surface area contributed by atoms with Crippen LogP contribution in [0.25, 0.3) is 0 Å². The summed E-state index contributed by atoms with van der Waals surface area (Å²) in [6.07, 6.45) is 1.72. The molecule has 1 aromatic heterocycles. The van der Waals surface area contributed by atoms with Crippen LogP contribution in [0.15, 0.2) is 36.2 Å². The molecule has 0 aliphatic carbocycles. The molecule has 0 saturated heterocycles. The number of rotatable bonds is 8. The van der Waals surface area contributed by atoms with Crippen molar-refractivity contribution in [3.8, 4) is 5.75 Å². The van der Waals surface area contributed by atoms with Crippen LogP contribution in [0.3, 0.4) is 0 Å². The SMILES string of the molecule is C=CCN(Cc1csc(COc2ccc(C)c(C)c2)n1)C(=O)NC(C)C. The lowest BCUT2D eigenvalue weighted by atomic mass is 10.1. The number of ether oxygens (including phenoxy) is 1. The third-order valence-corrected chi connectivity index (χ3v) is 4.71. The molecule has 0 radical (unpaired) electrons. The fourth-order valence-electron chi connectivity index (χ4n) is 2.35. The summed E-state index contributed by atoms with van der Waals surface area (Å²) in [5.41, 5.74) is 3.31. The highest BCUT2D eigenvalue weighted by Crippen LogP contribution is 2.19. The van der Waals surface area contributed by atoms with Crippen molar-refractivity contribution in [2.45, 2.75) is 46.9 Å². The summed E-state index contributed by atoms with van der Waals surface area (Å²) < 4.78 is 5.83. The zero-order chi connectivity index (χ0) is 19.1. The van der Waals surface area contributed by atoms with Crippen LogP contribution in [0.4, 0.5) is 4.79 Å². The largest absolute Gasteiger partial charge is 0.486 e. The molecule has 2 aromatic rings. The molecule has 0 atom stereocenters. The van der Waals surface area contributed by atoms with Gasteiger partial charge in [-0.15, -0.1) is 17.9 Å². The van der Waals surface area contributed by atoms with Crippen molar-refractivity contribution in [1.29, 1.82) is 0 Å². The summed E-state index contributed by atoms with van der Waals surface area (Å²) in [5.74, 6) is 0.842. The van der Waals surface area contributed by atoms with Crippen molar-refractivity contribution >= 4 is 17.4 Å². The van der Waals surface area contributed by atoms with E-state index in [0.29, 0.717) is 19.7 Å². The van der Waals surface area contributed by atoms with E-state index in [2.05, 4.69) is 36.8 Å². The van der Waals surface area contributed by atoms with Crippen molar-refractivity contribution in [3.05, 3.63) is 58.1 Å². The number of benzene rings is 1. The molecule has 0 spiro atoms. The standard InChI is InChI=1S/C20H27N3O2S/c1-6-9-23(20(24)21-14(2)3)11-17-13-26-19(22-17)12-25-18-8-7-15(4)16(5)10-18/h6-8,10,13-14H,1,9,11-12H2,2-5H3,(H,21,24). The second-order valence-corrected chi connectivity index (χ2v) is 7.48. The molecule has 1 aromatic carbocycles. The van der Waals surface area contributed by atoms with Gasteiger partial charge in [-0.3, -0.25) is 0 Å². The molecule has 2 amide bonds. The van der Waals surface area contributed by atoms with E-state index in [-0.39, 0.29) is 12.1 Å². The smallest absolute Gasteiger partial charge is 0.318 e. The Bertz CT molecular complexity index is 755. The van der Waals surface area contributed by atoms with Gasteiger partial charge in [0.05, 0.1) is 12.2 Å². The van der Waals surface area contributed by atoms with Gasteiger partial charge in [0, 0.05) is 18.0 Å². The number of urea groups is 1. The summed E-state index contributed by atoms with van der Waals surface area (Å²) >= 11 is 1.54. The number of carbonyl (C=O) groups excluding carboxylic acids is 1. The second-order valence-electron chi connectivity index (χ2n) is 6.54. The molecule has 1 heterocycles. The summed E-state index contributed by atoms with van der Waals surface area (Å²) in [7, 11) is 0. The van der Waals surface area contributed by atoms with Crippen molar-refractivity contribution in [3.63, 3.8) is 0 Å². The number of aryl methyl sites for hydroxylation is 2. The third kappa shape index (κ3) is 5.88. The minimum Gasteiger partial charge on any atom is -0.486 e. The van der Waals surface area contributed by atoms with Gasteiger partial charge in [0.1, 0.15) is 17.4 Å². The van der Waals surface area contributed by atoms with Gasteiger partial charge in [0.15, 0.2) is 0 Å². The predicted molar refractivity (Wildman–Crippen MR) is 107 cm³/mol. The van der Waals surface area contributed by atoms with Crippen molar-refractivity contribution < 1.29 is 9.53 Å². The summed E-state index contributed by atoms with van der Waals surface area (Å²) in [6.45, 7) is 13.1. The Kier molecular flexibility index (Phi) is 7.21. The van der Waals surface area contributed by atoms with E-state index in [1.165, 1.54) is 11.1 Å². The first-order valence-corrected chi connectivity index (χ1v) is 9.56. The van der Waals surface area contributed by atoms with Crippen LogP contribution in [-0.2, 0) is 13.2 Å². The molecule has 0 saturated carbocycles. The fraction of sp³-hybridized carbons (Fsp3) is 0.400. The van der Waals surface area contributed by atoms with Gasteiger partial charge >= 0.3 is 6.03 Å². The number of nitrogens with zero attached hydrogens (tertiary/aromatic N) is 2. The normalized spacial score (nSPS) is 10.7. The monoisotopic (exact) mass is 373 g/mol. The lowest BCUT2D eigenvalue weighted by molar-refractivity contribution is 0.198.